The maximum atomic E-state index is 12.5. The van der Waals surface area contributed by atoms with Crippen LogP contribution in [-0.4, -0.2) is 72.6 Å². The number of carbonyl (C=O) groups excluding carboxylic acids is 1. The van der Waals surface area contributed by atoms with Gasteiger partial charge in [-0.3, -0.25) is 4.79 Å². The lowest BCUT2D eigenvalue weighted by Crippen LogP contribution is -2.35. The molecular weight excluding hydrogens is 346 g/mol. The van der Waals surface area contributed by atoms with Crippen molar-refractivity contribution >= 4 is 22.8 Å². The van der Waals surface area contributed by atoms with Gasteiger partial charge in [-0.05, 0) is 30.7 Å². The van der Waals surface area contributed by atoms with Crippen molar-refractivity contribution < 1.29 is 4.79 Å². The molecule has 0 aromatic carbocycles. The number of aromatic nitrogens is 7. The molecule has 0 unspecified atom stereocenters. The van der Waals surface area contributed by atoms with Crippen LogP contribution in [0.2, 0.25) is 0 Å². The average Bonchev–Trinajstić information content (AvgIpc) is 3.42. The number of nitrogens with zero attached hydrogens (tertiary/aromatic N) is 7. The largest absolute Gasteiger partial charge is 0.356 e. The monoisotopic (exact) mass is 367 g/mol. The maximum Gasteiger partial charge on any atom is 0.230 e. The van der Waals surface area contributed by atoms with Crippen molar-refractivity contribution in [3.05, 3.63) is 24.4 Å². The topological polar surface area (TPSA) is 120 Å². The van der Waals surface area contributed by atoms with E-state index < -0.39 is 0 Å². The van der Waals surface area contributed by atoms with Crippen molar-refractivity contribution in [1.29, 1.82) is 0 Å². The van der Waals surface area contributed by atoms with Crippen molar-refractivity contribution in [2.75, 3.05) is 25.0 Å². The van der Waals surface area contributed by atoms with Crippen molar-refractivity contribution in [3.63, 3.8) is 0 Å². The van der Waals surface area contributed by atoms with E-state index in [-0.39, 0.29) is 12.3 Å². The minimum atomic E-state index is 0.0838. The molecule has 0 radical (unpaired) electrons. The quantitative estimate of drug-likeness (QED) is 0.684. The fourth-order valence-corrected chi connectivity index (χ4v) is 4.60. The summed E-state index contributed by atoms with van der Waals surface area (Å²) in [5.41, 5.74) is 0.864. The molecule has 4 heterocycles. The number of aromatic amines is 2. The molecule has 1 amide bonds. The van der Waals surface area contributed by atoms with Crippen LogP contribution in [0.25, 0.3) is 11.0 Å². The molecule has 2 aliphatic rings. The summed E-state index contributed by atoms with van der Waals surface area (Å²) in [6.45, 7) is 1.63. The van der Waals surface area contributed by atoms with Crippen LogP contribution in [0.4, 0.5) is 5.82 Å². The van der Waals surface area contributed by atoms with Gasteiger partial charge < -0.3 is 14.8 Å². The molecule has 1 aliphatic heterocycles. The summed E-state index contributed by atoms with van der Waals surface area (Å²) in [6.07, 6.45) is 5.86. The smallest absolute Gasteiger partial charge is 0.230 e. The average molecular weight is 367 g/mol. The van der Waals surface area contributed by atoms with E-state index in [9.17, 15) is 4.79 Å². The highest BCUT2D eigenvalue weighted by molar-refractivity contribution is 5.87. The highest BCUT2D eigenvalue weighted by Crippen LogP contribution is 2.41. The predicted molar refractivity (Wildman–Crippen MR) is 96.8 cm³/mol. The number of likely N-dealkylation sites (tertiary alicyclic amines) is 1. The van der Waals surface area contributed by atoms with E-state index in [0.717, 1.165) is 42.8 Å². The van der Waals surface area contributed by atoms with Gasteiger partial charge in [-0.25, -0.2) is 9.97 Å². The number of tetrazole rings is 1. The zero-order chi connectivity index (χ0) is 18.4. The third-order valence-corrected chi connectivity index (χ3v) is 5.99. The Balaban J connectivity index is 1.24. The van der Waals surface area contributed by atoms with Gasteiger partial charge in [-0.2, -0.15) is 5.21 Å². The normalized spacial score (nSPS) is 24.5. The molecular formula is C17H21N9O. The van der Waals surface area contributed by atoms with Crippen LogP contribution in [0.15, 0.2) is 18.6 Å². The first-order valence-electron chi connectivity index (χ1n) is 9.20. The van der Waals surface area contributed by atoms with Gasteiger partial charge >= 0.3 is 0 Å². The number of hydrogen-bond donors (Lipinski definition) is 2. The Bertz CT molecular complexity index is 938. The molecule has 0 bridgehead atoms. The number of amides is 1. The van der Waals surface area contributed by atoms with Gasteiger partial charge in [0.2, 0.25) is 5.91 Å². The van der Waals surface area contributed by atoms with Gasteiger partial charge in [0.15, 0.2) is 5.82 Å². The molecule has 140 valence electrons. The first kappa shape index (κ1) is 16.2. The lowest BCUT2D eigenvalue weighted by atomic mass is 10.0. The Hall–Kier alpha value is -3.04. The standard InChI is InChI=1S/C17H21N9O/c1-25(17-13-2-3-18-16(13)19-9-20-17)12-4-10-7-26(8-11(10)5-12)15(27)6-14-21-23-24-22-14/h2-3,9-12H,4-8H2,1H3,(H,18,19,20)(H,21,22,23,24)/t10-,11+,12-. The van der Waals surface area contributed by atoms with Gasteiger partial charge in [0.1, 0.15) is 17.8 Å². The summed E-state index contributed by atoms with van der Waals surface area (Å²) in [4.78, 5) is 28.6. The predicted octanol–water partition coefficient (Wildman–Crippen LogP) is 0.387. The highest BCUT2D eigenvalue weighted by Gasteiger charge is 2.43. The van der Waals surface area contributed by atoms with Gasteiger partial charge in [-0.1, -0.05) is 5.21 Å². The van der Waals surface area contributed by atoms with Crippen LogP contribution < -0.4 is 4.90 Å². The van der Waals surface area contributed by atoms with E-state index in [0.29, 0.717) is 23.7 Å². The highest BCUT2D eigenvalue weighted by atomic mass is 16.2. The summed E-state index contributed by atoms with van der Waals surface area (Å²) in [6, 6.07) is 2.46. The summed E-state index contributed by atoms with van der Waals surface area (Å²) in [7, 11) is 2.11. The molecule has 1 saturated carbocycles. The van der Waals surface area contributed by atoms with Crippen LogP contribution in [-0.2, 0) is 11.2 Å². The van der Waals surface area contributed by atoms with Crippen LogP contribution >= 0.6 is 0 Å². The molecule has 3 aromatic heterocycles. The van der Waals surface area contributed by atoms with Crippen molar-refractivity contribution in [2.24, 2.45) is 11.8 Å². The van der Waals surface area contributed by atoms with E-state index >= 15 is 0 Å². The van der Waals surface area contributed by atoms with Crippen molar-refractivity contribution in [2.45, 2.75) is 25.3 Å². The second-order valence-corrected chi connectivity index (χ2v) is 7.50. The number of fused-ring (bicyclic) bond motifs is 2. The molecule has 3 aromatic rings. The Labute approximate surface area is 155 Å². The minimum absolute atomic E-state index is 0.0838. The van der Waals surface area contributed by atoms with E-state index in [4.69, 9.17) is 0 Å². The zero-order valence-electron chi connectivity index (χ0n) is 15.0. The Morgan fingerprint density at radius 1 is 1.30 bits per heavy atom. The summed E-state index contributed by atoms with van der Waals surface area (Å²) in [5.74, 6) is 2.58. The minimum Gasteiger partial charge on any atom is -0.356 e. The number of carbonyl (C=O) groups is 1. The van der Waals surface area contributed by atoms with E-state index in [1.807, 2.05) is 17.2 Å². The van der Waals surface area contributed by atoms with Gasteiger partial charge in [0, 0.05) is 32.4 Å². The third-order valence-electron chi connectivity index (χ3n) is 5.99. The Morgan fingerprint density at radius 3 is 2.85 bits per heavy atom. The molecule has 3 atom stereocenters. The first-order valence-corrected chi connectivity index (χ1v) is 9.20. The molecule has 5 rings (SSSR count). The number of hydrogen-bond acceptors (Lipinski definition) is 7. The maximum absolute atomic E-state index is 12.5. The molecule has 0 spiro atoms. The lowest BCUT2D eigenvalue weighted by molar-refractivity contribution is -0.129. The molecule has 27 heavy (non-hydrogen) atoms. The molecule has 10 nitrogen and oxygen atoms in total. The molecule has 2 fully saturated rings. The summed E-state index contributed by atoms with van der Waals surface area (Å²) in [5, 5.41) is 14.7. The van der Waals surface area contributed by atoms with E-state index in [1.54, 1.807) is 6.33 Å². The summed E-state index contributed by atoms with van der Waals surface area (Å²) >= 11 is 0. The molecule has 10 heteroatoms. The molecule has 2 N–H and O–H groups in total. The molecule has 1 saturated heterocycles. The third kappa shape index (κ3) is 2.81. The first-order chi connectivity index (χ1) is 13.2. The van der Waals surface area contributed by atoms with Crippen LogP contribution in [0.3, 0.4) is 0 Å². The second-order valence-electron chi connectivity index (χ2n) is 7.50. The van der Waals surface area contributed by atoms with Gasteiger partial charge in [0.25, 0.3) is 0 Å². The number of H-pyrrole nitrogens is 2. The second kappa shape index (κ2) is 6.29. The van der Waals surface area contributed by atoms with Crippen LogP contribution in [0.5, 0.6) is 0 Å². The number of rotatable bonds is 4. The van der Waals surface area contributed by atoms with E-state index in [1.165, 1.54) is 0 Å². The van der Waals surface area contributed by atoms with Crippen molar-refractivity contribution in [3.8, 4) is 0 Å². The Kier molecular flexibility index (Phi) is 3.76. The number of nitrogens with one attached hydrogen (secondary N) is 2. The van der Waals surface area contributed by atoms with Crippen LogP contribution in [0.1, 0.15) is 18.7 Å². The van der Waals surface area contributed by atoms with E-state index in [2.05, 4.69) is 47.5 Å². The van der Waals surface area contributed by atoms with Crippen LogP contribution in [0, 0.1) is 11.8 Å². The fraction of sp³-hybridized carbons (Fsp3) is 0.529. The lowest BCUT2D eigenvalue weighted by Gasteiger charge is -2.28. The van der Waals surface area contributed by atoms with Gasteiger partial charge in [-0.15, -0.1) is 10.2 Å². The fourth-order valence-electron chi connectivity index (χ4n) is 4.60. The zero-order valence-corrected chi connectivity index (χ0v) is 15.0. The SMILES string of the molecule is CN(c1ncnc2[nH]ccc12)[C@@H]1C[C@@H]2CN(C(=O)Cc3nn[nH]n3)C[C@@H]2C1. The molecule has 1 aliphatic carbocycles. The Morgan fingerprint density at radius 2 is 2.11 bits per heavy atom. The van der Waals surface area contributed by atoms with Crippen molar-refractivity contribution in [1.82, 2.24) is 40.5 Å². The summed E-state index contributed by atoms with van der Waals surface area (Å²) < 4.78 is 0. The number of anilines is 1. The van der Waals surface area contributed by atoms with Gasteiger partial charge in [0.05, 0.1) is 11.8 Å².